The first-order valence-electron chi connectivity index (χ1n) is 7.63. The minimum Gasteiger partial charge on any atom is -0.355 e. The smallest absolute Gasteiger partial charge is 0.226 e. The van der Waals surface area contributed by atoms with E-state index >= 15 is 0 Å². The fraction of sp³-hybridized carbons (Fsp3) is 0.600. The molecule has 1 aliphatic heterocycles. The Hall–Kier alpha value is -1.40. The molecule has 0 bridgehead atoms. The molecule has 1 N–H and O–H groups in total. The van der Waals surface area contributed by atoms with E-state index in [-0.39, 0.29) is 0 Å². The van der Waals surface area contributed by atoms with Crippen LogP contribution in [-0.4, -0.2) is 54.6 Å². The molecule has 1 saturated heterocycles. The standard InChI is InChI=1S/C15H23N5S/c1-4-16-15-17-13(12-10-11(2)21-14(12)18-15)20-7-5-6-19(3)8-9-20/h10H,4-9H2,1-3H3,(H,16,17,18). The van der Waals surface area contributed by atoms with Gasteiger partial charge < -0.3 is 15.1 Å². The van der Waals surface area contributed by atoms with Gasteiger partial charge in [-0.05, 0) is 39.9 Å². The summed E-state index contributed by atoms with van der Waals surface area (Å²) in [5.74, 6) is 1.84. The maximum absolute atomic E-state index is 4.79. The normalized spacial score (nSPS) is 17.2. The number of hydrogen-bond acceptors (Lipinski definition) is 6. The Kier molecular flexibility index (Phi) is 4.26. The van der Waals surface area contributed by atoms with Crippen LogP contribution in [0.3, 0.4) is 0 Å². The summed E-state index contributed by atoms with van der Waals surface area (Å²) in [5.41, 5.74) is 0. The molecule has 0 atom stereocenters. The van der Waals surface area contributed by atoms with Gasteiger partial charge in [-0.2, -0.15) is 4.98 Å². The summed E-state index contributed by atoms with van der Waals surface area (Å²) >= 11 is 1.75. The summed E-state index contributed by atoms with van der Waals surface area (Å²) < 4.78 is 0. The van der Waals surface area contributed by atoms with Crippen LogP contribution in [-0.2, 0) is 0 Å². The molecule has 0 amide bonds. The second-order valence-electron chi connectivity index (χ2n) is 5.62. The van der Waals surface area contributed by atoms with Crippen molar-refractivity contribution in [1.29, 1.82) is 0 Å². The minimum absolute atomic E-state index is 0.749. The van der Waals surface area contributed by atoms with Crippen LogP contribution in [0.2, 0.25) is 0 Å². The number of aryl methyl sites for hydroxylation is 1. The lowest BCUT2D eigenvalue weighted by Gasteiger charge is -2.22. The monoisotopic (exact) mass is 305 g/mol. The van der Waals surface area contributed by atoms with Crippen molar-refractivity contribution >= 4 is 33.3 Å². The fourth-order valence-corrected chi connectivity index (χ4v) is 3.64. The van der Waals surface area contributed by atoms with Gasteiger partial charge in [-0.1, -0.05) is 0 Å². The van der Waals surface area contributed by atoms with Crippen molar-refractivity contribution in [2.45, 2.75) is 20.3 Å². The number of aromatic nitrogens is 2. The Morgan fingerprint density at radius 3 is 2.90 bits per heavy atom. The van der Waals surface area contributed by atoms with Gasteiger partial charge in [-0.25, -0.2) is 4.98 Å². The van der Waals surface area contributed by atoms with Crippen molar-refractivity contribution in [3.8, 4) is 0 Å². The lowest BCUT2D eigenvalue weighted by atomic mass is 10.3. The van der Waals surface area contributed by atoms with Crippen LogP contribution in [0.5, 0.6) is 0 Å². The number of nitrogens with zero attached hydrogens (tertiary/aromatic N) is 4. The molecule has 3 rings (SSSR count). The molecule has 0 aromatic carbocycles. The molecule has 2 aromatic rings. The summed E-state index contributed by atoms with van der Waals surface area (Å²) in [6, 6.07) is 2.22. The average Bonchev–Trinajstić information content (AvgIpc) is 2.68. The van der Waals surface area contributed by atoms with Gasteiger partial charge in [-0.15, -0.1) is 11.3 Å². The molecule has 3 heterocycles. The Bertz CT molecular complexity index is 624. The second-order valence-corrected chi connectivity index (χ2v) is 6.86. The number of thiophene rings is 1. The van der Waals surface area contributed by atoms with E-state index in [1.807, 2.05) is 0 Å². The predicted molar refractivity (Wildman–Crippen MR) is 90.6 cm³/mol. The molecule has 0 spiro atoms. The third kappa shape index (κ3) is 3.11. The summed E-state index contributed by atoms with van der Waals surface area (Å²) in [4.78, 5) is 16.6. The average molecular weight is 305 g/mol. The summed E-state index contributed by atoms with van der Waals surface area (Å²) in [6.45, 7) is 9.41. The topological polar surface area (TPSA) is 44.3 Å². The second kappa shape index (κ2) is 6.15. The van der Waals surface area contributed by atoms with Crippen molar-refractivity contribution in [2.24, 2.45) is 0 Å². The molecule has 0 radical (unpaired) electrons. The number of fused-ring (bicyclic) bond motifs is 1. The van der Waals surface area contributed by atoms with Gasteiger partial charge in [-0.3, -0.25) is 0 Å². The quantitative estimate of drug-likeness (QED) is 0.944. The number of anilines is 2. The van der Waals surface area contributed by atoms with E-state index in [9.17, 15) is 0 Å². The lowest BCUT2D eigenvalue weighted by molar-refractivity contribution is 0.360. The van der Waals surface area contributed by atoms with Crippen molar-refractivity contribution in [2.75, 3.05) is 50.0 Å². The molecule has 1 fully saturated rings. The first-order valence-corrected chi connectivity index (χ1v) is 8.44. The highest BCUT2D eigenvalue weighted by Crippen LogP contribution is 2.32. The van der Waals surface area contributed by atoms with E-state index < -0.39 is 0 Å². The third-order valence-corrected chi connectivity index (χ3v) is 4.79. The highest BCUT2D eigenvalue weighted by atomic mass is 32.1. The lowest BCUT2D eigenvalue weighted by Crippen LogP contribution is -2.29. The first-order chi connectivity index (χ1) is 10.2. The van der Waals surface area contributed by atoms with Crippen LogP contribution in [0.4, 0.5) is 11.8 Å². The Morgan fingerprint density at radius 1 is 1.24 bits per heavy atom. The zero-order chi connectivity index (χ0) is 14.8. The molecule has 0 saturated carbocycles. The van der Waals surface area contributed by atoms with Crippen molar-refractivity contribution in [3.05, 3.63) is 10.9 Å². The molecule has 5 nitrogen and oxygen atoms in total. The van der Waals surface area contributed by atoms with Crippen molar-refractivity contribution in [3.63, 3.8) is 0 Å². The van der Waals surface area contributed by atoms with Gasteiger partial charge in [0, 0.05) is 31.1 Å². The van der Waals surface area contributed by atoms with Gasteiger partial charge in [0.1, 0.15) is 10.6 Å². The van der Waals surface area contributed by atoms with Gasteiger partial charge >= 0.3 is 0 Å². The zero-order valence-corrected chi connectivity index (χ0v) is 13.8. The first kappa shape index (κ1) is 14.5. The molecule has 1 aliphatic rings. The molecular formula is C15H23N5S. The SMILES string of the molecule is CCNc1nc(N2CCCN(C)CC2)c2cc(C)sc2n1. The maximum atomic E-state index is 4.79. The molecule has 2 aromatic heterocycles. The van der Waals surface area contributed by atoms with Crippen LogP contribution in [0, 0.1) is 6.92 Å². The van der Waals surface area contributed by atoms with E-state index in [0.717, 1.165) is 49.3 Å². The molecule has 114 valence electrons. The fourth-order valence-electron chi connectivity index (χ4n) is 2.76. The molecule has 6 heteroatoms. The Balaban J connectivity index is 2.02. The van der Waals surface area contributed by atoms with E-state index in [4.69, 9.17) is 4.98 Å². The molecule has 0 aliphatic carbocycles. The predicted octanol–water partition coefficient (Wildman–Crippen LogP) is 2.57. The summed E-state index contributed by atoms with van der Waals surface area (Å²) in [5, 5.41) is 4.46. The number of nitrogens with one attached hydrogen (secondary N) is 1. The summed E-state index contributed by atoms with van der Waals surface area (Å²) in [7, 11) is 2.19. The van der Waals surface area contributed by atoms with Crippen molar-refractivity contribution in [1.82, 2.24) is 14.9 Å². The van der Waals surface area contributed by atoms with E-state index in [1.165, 1.54) is 16.7 Å². The number of rotatable bonds is 3. The van der Waals surface area contributed by atoms with Crippen LogP contribution >= 0.6 is 11.3 Å². The maximum Gasteiger partial charge on any atom is 0.226 e. The van der Waals surface area contributed by atoms with Crippen LogP contribution in [0.25, 0.3) is 10.2 Å². The van der Waals surface area contributed by atoms with Gasteiger partial charge in [0.15, 0.2) is 0 Å². The Labute approximate surface area is 130 Å². The molecule has 0 unspecified atom stereocenters. The van der Waals surface area contributed by atoms with E-state index in [1.54, 1.807) is 11.3 Å². The third-order valence-electron chi connectivity index (χ3n) is 3.85. The number of likely N-dealkylation sites (N-methyl/N-ethyl adjacent to an activating group) is 1. The van der Waals surface area contributed by atoms with Gasteiger partial charge in [0.25, 0.3) is 0 Å². The highest BCUT2D eigenvalue weighted by Gasteiger charge is 2.18. The van der Waals surface area contributed by atoms with E-state index in [2.05, 4.69) is 47.1 Å². The van der Waals surface area contributed by atoms with Crippen LogP contribution in [0.15, 0.2) is 6.07 Å². The highest BCUT2D eigenvalue weighted by molar-refractivity contribution is 7.18. The number of hydrogen-bond donors (Lipinski definition) is 1. The zero-order valence-electron chi connectivity index (χ0n) is 13.0. The van der Waals surface area contributed by atoms with E-state index in [0.29, 0.717) is 0 Å². The summed E-state index contributed by atoms with van der Waals surface area (Å²) in [6.07, 6.45) is 1.18. The van der Waals surface area contributed by atoms with Crippen LogP contribution in [0.1, 0.15) is 18.2 Å². The Morgan fingerprint density at radius 2 is 2.10 bits per heavy atom. The van der Waals surface area contributed by atoms with Crippen LogP contribution < -0.4 is 10.2 Å². The van der Waals surface area contributed by atoms with Gasteiger partial charge in [0.05, 0.1) is 5.39 Å². The molecular weight excluding hydrogens is 282 g/mol. The minimum atomic E-state index is 0.749. The largest absolute Gasteiger partial charge is 0.355 e. The molecule has 21 heavy (non-hydrogen) atoms. The van der Waals surface area contributed by atoms with Crippen molar-refractivity contribution < 1.29 is 0 Å². The van der Waals surface area contributed by atoms with Gasteiger partial charge in [0.2, 0.25) is 5.95 Å².